The van der Waals surface area contributed by atoms with Crippen LogP contribution in [0.5, 0.6) is 5.75 Å². The van der Waals surface area contributed by atoms with E-state index in [-0.39, 0.29) is 5.75 Å². The number of carbonyl (C=O) groups excluding carboxylic acids is 1. The molecule has 1 aromatic carbocycles. The van der Waals surface area contributed by atoms with Crippen molar-refractivity contribution in [2.45, 2.75) is 19.4 Å². The molecule has 0 unspecified atom stereocenters. The largest absolute Gasteiger partial charge is 0.494 e. The van der Waals surface area contributed by atoms with Crippen molar-refractivity contribution >= 4 is 5.78 Å². The second-order valence-corrected chi connectivity index (χ2v) is 3.85. The van der Waals surface area contributed by atoms with Gasteiger partial charge >= 0.3 is 0 Å². The minimum absolute atomic E-state index is 0.287. The van der Waals surface area contributed by atoms with Crippen LogP contribution in [0.3, 0.4) is 0 Å². The molecule has 0 aliphatic rings. The van der Waals surface area contributed by atoms with Gasteiger partial charge < -0.3 is 9.84 Å². The van der Waals surface area contributed by atoms with E-state index in [0.29, 0.717) is 6.07 Å². The lowest BCUT2D eigenvalue weighted by Crippen LogP contribution is -2.31. The summed E-state index contributed by atoms with van der Waals surface area (Å²) in [6, 6.07) is 1.49. The molecule has 16 heavy (non-hydrogen) atoms. The van der Waals surface area contributed by atoms with Gasteiger partial charge in [0.2, 0.25) is 0 Å². The summed E-state index contributed by atoms with van der Waals surface area (Å²) in [5, 5.41) is 9.41. The van der Waals surface area contributed by atoms with Crippen LogP contribution in [0.15, 0.2) is 12.1 Å². The van der Waals surface area contributed by atoms with Crippen LogP contribution in [0.4, 0.5) is 8.78 Å². The van der Waals surface area contributed by atoms with Gasteiger partial charge in [-0.3, -0.25) is 4.79 Å². The Morgan fingerprint density at radius 3 is 2.31 bits per heavy atom. The number of ether oxygens (including phenoxy) is 1. The Morgan fingerprint density at radius 1 is 1.31 bits per heavy atom. The molecule has 1 rings (SSSR count). The number of halogens is 2. The maximum atomic E-state index is 13.4. The summed E-state index contributed by atoms with van der Waals surface area (Å²) in [7, 11) is 1.19. The first-order valence-corrected chi connectivity index (χ1v) is 4.57. The first-order chi connectivity index (χ1) is 7.27. The van der Waals surface area contributed by atoms with Gasteiger partial charge in [-0.1, -0.05) is 0 Å². The molecule has 0 saturated heterocycles. The lowest BCUT2D eigenvalue weighted by atomic mass is 9.96. The molecule has 0 aliphatic heterocycles. The summed E-state index contributed by atoms with van der Waals surface area (Å²) in [6.07, 6.45) is 0. The Morgan fingerprint density at radius 2 is 1.88 bits per heavy atom. The van der Waals surface area contributed by atoms with Crippen LogP contribution in [-0.4, -0.2) is 23.6 Å². The van der Waals surface area contributed by atoms with Gasteiger partial charge in [0.05, 0.1) is 12.7 Å². The molecule has 0 amide bonds. The number of benzene rings is 1. The normalized spacial score (nSPS) is 11.4. The van der Waals surface area contributed by atoms with Crippen LogP contribution in [0.2, 0.25) is 0 Å². The van der Waals surface area contributed by atoms with E-state index in [2.05, 4.69) is 4.74 Å². The van der Waals surface area contributed by atoms with E-state index in [1.165, 1.54) is 21.0 Å². The molecule has 5 heteroatoms. The molecule has 0 aliphatic carbocycles. The third-order valence-electron chi connectivity index (χ3n) is 2.04. The van der Waals surface area contributed by atoms with Crippen LogP contribution in [0, 0.1) is 11.6 Å². The molecule has 1 aromatic rings. The average molecular weight is 230 g/mol. The molecule has 0 bridgehead atoms. The van der Waals surface area contributed by atoms with E-state index in [4.69, 9.17) is 0 Å². The Kier molecular flexibility index (Phi) is 3.28. The molecule has 0 spiro atoms. The zero-order valence-corrected chi connectivity index (χ0v) is 9.17. The minimum Gasteiger partial charge on any atom is -0.494 e. The lowest BCUT2D eigenvalue weighted by Gasteiger charge is -2.16. The van der Waals surface area contributed by atoms with Gasteiger partial charge in [-0.25, -0.2) is 8.78 Å². The van der Waals surface area contributed by atoms with Gasteiger partial charge in [0.15, 0.2) is 17.3 Å². The number of hydrogen-bond acceptors (Lipinski definition) is 3. The number of Topliss-reactive ketones (excluding diaryl/α,β-unsaturated/α-hetero) is 1. The van der Waals surface area contributed by atoms with E-state index in [1.807, 2.05) is 0 Å². The van der Waals surface area contributed by atoms with Crippen LogP contribution in [-0.2, 0) is 0 Å². The van der Waals surface area contributed by atoms with Gasteiger partial charge in [0.1, 0.15) is 11.4 Å². The van der Waals surface area contributed by atoms with Crippen LogP contribution < -0.4 is 4.74 Å². The van der Waals surface area contributed by atoms with Crippen molar-refractivity contribution in [3.8, 4) is 5.75 Å². The molecule has 1 N–H and O–H groups in total. The predicted molar refractivity (Wildman–Crippen MR) is 53.5 cm³/mol. The molecule has 0 saturated carbocycles. The molecule has 0 heterocycles. The minimum atomic E-state index is -1.75. The molecule has 0 aromatic heterocycles. The summed E-state index contributed by atoms with van der Waals surface area (Å²) >= 11 is 0. The highest BCUT2D eigenvalue weighted by Crippen LogP contribution is 2.24. The molecule has 0 radical (unpaired) electrons. The second-order valence-electron chi connectivity index (χ2n) is 3.85. The molecule has 88 valence electrons. The topological polar surface area (TPSA) is 46.5 Å². The Hall–Kier alpha value is -1.49. The highest BCUT2D eigenvalue weighted by molar-refractivity contribution is 6.02. The molecular weight excluding hydrogens is 218 g/mol. The van der Waals surface area contributed by atoms with Crippen molar-refractivity contribution in [2.24, 2.45) is 0 Å². The monoisotopic (exact) mass is 230 g/mol. The van der Waals surface area contributed by atoms with Gasteiger partial charge in [-0.05, 0) is 19.9 Å². The van der Waals surface area contributed by atoms with Crippen LogP contribution in [0.1, 0.15) is 24.2 Å². The van der Waals surface area contributed by atoms with Crippen molar-refractivity contribution in [3.05, 3.63) is 29.3 Å². The summed E-state index contributed by atoms with van der Waals surface area (Å²) in [5.74, 6) is -2.95. The Balaban J connectivity index is 3.27. The zero-order valence-electron chi connectivity index (χ0n) is 9.17. The lowest BCUT2D eigenvalue weighted by molar-refractivity contribution is 0.0483. The van der Waals surface area contributed by atoms with Crippen molar-refractivity contribution in [1.82, 2.24) is 0 Å². The molecule has 0 atom stereocenters. The van der Waals surface area contributed by atoms with E-state index in [9.17, 15) is 18.7 Å². The number of rotatable bonds is 3. The zero-order chi connectivity index (χ0) is 12.5. The molecule has 0 fully saturated rings. The summed E-state index contributed by atoms with van der Waals surface area (Å²) in [6.45, 7) is 2.41. The van der Waals surface area contributed by atoms with E-state index in [0.717, 1.165) is 6.07 Å². The quantitative estimate of drug-likeness (QED) is 0.807. The number of carbonyl (C=O) groups is 1. The number of aliphatic hydroxyl groups is 1. The smallest absolute Gasteiger partial charge is 0.196 e. The fourth-order valence-electron chi connectivity index (χ4n) is 1.19. The fourth-order valence-corrected chi connectivity index (χ4v) is 1.19. The maximum Gasteiger partial charge on any atom is 0.196 e. The number of ketones is 1. The fraction of sp³-hybridized carbons (Fsp3) is 0.364. The van der Waals surface area contributed by atoms with Crippen molar-refractivity contribution < 1.29 is 23.4 Å². The Bertz CT molecular complexity index is 422. The SMILES string of the molecule is COc1cc(F)c(C(=O)C(C)(C)O)cc1F. The van der Waals surface area contributed by atoms with E-state index < -0.39 is 28.6 Å². The first kappa shape index (κ1) is 12.6. The highest BCUT2D eigenvalue weighted by atomic mass is 19.1. The molecular formula is C11H12F2O3. The van der Waals surface area contributed by atoms with Crippen molar-refractivity contribution in [2.75, 3.05) is 7.11 Å². The predicted octanol–water partition coefficient (Wildman–Crippen LogP) is 1.93. The Labute approximate surface area is 91.7 Å². The van der Waals surface area contributed by atoms with Gasteiger partial charge in [0.25, 0.3) is 0 Å². The third-order valence-corrected chi connectivity index (χ3v) is 2.04. The first-order valence-electron chi connectivity index (χ1n) is 4.57. The summed E-state index contributed by atoms with van der Waals surface area (Å²) < 4.78 is 31.2. The third kappa shape index (κ3) is 2.36. The standard InChI is InChI=1S/C11H12F2O3/c1-11(2,15)10(14)6-4-8(13)9(16-3)5-7(6)12/h4-5,15H,1-3H3. The average Bonchev–Trinajstić information content (AvgIpc) is 2.18. The number of hydrogen-bond donors (Lipinski definition) is 1. The summed E-state index contributed by atoms with van der Waals surface area (Å²) in [4.78, 5) is 11.5. The van der Waals surface area contributed by atoms with Crippen molar-refractivity contribution in [3.63, 3.8) is 0 Å². The van der Waals surface area contributed by atoms with E-state index in [1.54, 1.807) is 0 Å². The number of methoxy groups -OCH3 is 1. The summed E-state index contributed by atoms with van der Waals surface area (Å²) in [5.41, 5.74) is -2.24. The van der Waals surface area contributed by atoms with Gasteiger partial charge in [0, 0.05) is 6.07 Å². The van der Waals surface area contributed by atoms with Crippen molar-refractivity contribution in [1.29, 1.82) is 0 Å². The van der Waals surface area contributed by atoms with E-state index >= 15 is 0 Å². The second kappa shape index (κ2) is 4.17. The van der Waals surface area contributed by atoms with Crippen LogP contribution >= 0.6 is 0 Å². The van der Waals surface area contributed by atoms with Crippen LogP contribution in [0.25, 0.3) is 0 Å². The van der Waals surface area contributed by atoms with Gasteiger partial charge in [-0.15, -0.1) is 0 Å². The van der Waals surface area contributed by atoms with Gasteiger partial charge in [-0.2, -0.15) is 0 Å². The highest BCUT2D eigenvalue weighted by Gasteiger charge is 2.28. The maximum absolute atomic E-state index is 13.4. The molecule has 3 nitrogen and oxygen atoms in total.